The van der Waals surface area contributed by atoms with Crippen LogP contribution in [0.15, 0.2) is 18.2 Å². The quantitative estimate of drug-likeness (QED) is 0.812. The molecule has 1 aromatic rings. The summed E-state index contributed by atoms with van der Waals surface area (Å²) in [5.74, 6) is 0. The highest BCUT2D eigenvalue weighted by Crippen LogP contribution is 2.16. The summed E-state index contributed by atoms with van der Waals surface area (Å²) in [7, 11) is 2.14. The van der Waals surface area contributed by atoms with Crippen LogP contribution in [0.3, 0.4) is 0 Å². The summed E-state index contributed by atoms with van der Waals surface area (Å²) < 4.78 is 5.64. The highest BCUT2D eigenvalue weighted by molar-refractivity contribution is 5.48. The van der Waals surface area contributed by atoms with Gasteiger partial charge in [-0.25, -0.2) is 0 Å². The molecule has 1 aromatic carbocycles. The fourth-order valence-electron chi connectivity index (χ4n) is 2.30. The molecule has 0 radical (unpaired) electrons. The minimum absolute atomic E-state index is 0.419. The lowest BCUT2D eigenvalue weighted by Gasteiger charge is -2.20. The van der Waals surface area contributed by atoms with Crippen molar-refractivity contribution in [2.24, 2.45) is 0 Å². The maximum Gasteiger partial charge on any atom is 0.0702 e. The van der Waals surface area contributed by atoms with E-state index in [-0.39, 0.29) is 0 Å². The molecule has 3 nitrogen and oxygen atoms in total. The van der Waals surface area contributed by atoms with E-state index >= 15 is 0 Å². The van der Waals surface area contributed by atoms with Crippen molar-refractivity contribution in [3.63, 3.8) is 0 Å². The van der Waals surface area contributed by atoms with Crippen LogP contribution in [0.2, 0.25) is 0 Å². The highest BCUT2D eigenvalue weighted by atomic mass is 16.5. The third kappa shape index (κ3) is 3.45. The van der Waals surface area contributed by atoms with E-state index < -0.39 is 0 Å². The van der Waals surface area contributed by atoms with Gasteiger partial charge in [-0.3, -0.25) is 4.90 Å². The van der Waals surface area contributed by atoms with E-state index in [9.17, 15) is 0 Å². The van der Waals surface area contributed by atoms with Gasteiger partial charge in [-0.1, -0.05) is 12.1 Å². The van der Waals surface area contributed by atoms with Gasteiger partial charge >= 0.3 is 0 Å². The fraction of sp³-hybridized carbons (Fsp3) is 0.571. The van der Waals surface area contributed by atoms with E-state index in [4.69, 9.17) is 10.5 Å². The molecule has 2 N–H and O–H groups in total. The third-order valence-electron chi connectivity index (χ3n) is 3.34. The molecule has 0 spiro atoms. The topological polar surface area (TPSA) is 38.5 Å². The van der Waals surface area contributed by atoms with Gasteiger partial charge in [0.1, 0.15) is 0 Å². The maximum atomic E-state index is 5.92. The molecule has 17 heavy (non-hydrogen) atoms. The van der Waals surface area contributed by atoms with Crippen LogP contribution in [0.1, 0.15) is 24.0 Å². The van der Waals surface area contributed by atoms with Gasteiger partial charge < -0.3 is 10.5 Å². The first-order chi connectivity index (χ1) is 8.15. The van der Waals surface area contributed by atoms with Crippen molar-refractivity contribution < 1.29 is 4.74 Å². The third-order valence-corrected chi connectivity index (χ3v) is 3.34. The fourth-order valence-corrected chi connectivity index (χ4v) is 2.30. The van der Waals surface area contributed by atoms with Gasteiger partial charge in [-0.2, -0.15) is 0 Å². The molecular formula is C14H22N2O. The Labute approximate surface area is 104 Å². The smallest absolute Gasteiger partial charge is 0.0702 e. The number of nitrogens with zero attached hydrogens (tertiary/aromatic N) is 1. The second kappa shape index (κ2) is 5.52. The van der Waals surface area contributed by atoms with Crippen LogP contribution in [0.5, 0.6) is 0 Å². The van der Waals surface area contributed by atoms with Crippen molar-refractivity contribution in [3.05, 3.63) is 29.3 Å². The van der Waals surface area contributed by atoms with Crippen molar-refractivity contribution in [1.29, 1.82) is 0 Å². The van der Waals surface area contributed by atoms with Gasteiger partial charge in [0.15, 0.2) is 0 Å². The van der Waals surface area contributed by atoms with E-state index in [1.165, 1.54) is 18.4 Å². The number of nitrogen functional groups attached to an aromatic ring is 1. The number of rotatable bonds is 4. The minimum Gasteiger partial charge on any atom is -0.399 e. The van der Waals surface area contributed by atoms with Crippen LogP contribution in [-0.4, -0.2) is 31.2 Å². The first-order valence-electron chi connectivity index (χ1n) is 6.30. The van der Waals surface area contributed by atoms with Gasteiger partial charge in [0.05, 0.1) is 6.10 Å². The molecule has 1 atom stereocenters. The standard InChI is InChI=1S/C14H22N2O/c1-11-5-6-12(8-14(11)15)9-16(2)10-13-4-3-7-17-13/h5-6,8,13H,3-4,7,9-10,15H2,1-2H3. The summed E-state index contributed by atoms with van der Waals surface area (Å²) in [6.07, 6.45) is 2.82. The normalized spacial score (nSPS) is 20.1. The molecule has 94 valence electrons. The van der Waals surface area contributed by atoms with Gasteiger partial charge in [-0.05, 0) is 44.0 Å². The molecule has 0 saturated carbocycles. The van der Waals surface area contributed by atoms with E-state index in [0.29, 0.717) is 6.10 Å². The predicted molar refractivity (Wildman–Crippen MR) is 70.9 cm³/mol. The molecule has 1 saturated heterocycles. The molecule has 3 heteroatoms. The molecule has 0 aromatic heterocycles. The number of hydrogen-bond acceptors (Lipinski definition) is 3. The maximum absolute atomic E-state index is 5.92. The van der Waals surface area contributed by atoms with Gasteiger partial charge in [0, 0.05) is 25.4 Å². The Hall–Kier alpha value is -1.06. The lowest BCUT2D eigenvalue weighted by Crippen LogP contribution is -2.28. The second-order valence-electron chi connectivity index (χ2n) is 5.02. The van der Waals surface area contributed by atoms with Crippen LogP contribution >= 0.6 is 0 Å². The Bertz CT molecular complexity index is 372. The van der Waals surface area contributed by atoms with E-state index in [1.54, 1.807) is 0 Å². The lowest BCUT2D eigenvalue weighted by atomic mass is 10.1. The molecule has 1 unspecified atom stereocenters. The van der Waals surface area contributed by atoms with E-state index in [2.05, 4.69) is 30.1 Å². The van der Waals surface area contributed by atoms with E-state index in [1.807, 2.05) is 6.92 Å². The van der Waals surface area contributed by atoms with Crippen LogP contribution in [0.4, 0.5) is 5.69 Å². The number of likely N-dealkylation sites (N-methyl/N-ethyl adjacent to an activating group) is 1. The molecule has 2 rings (SSSR count). The monoisotopic (exact) mass is 234 g/mol. The van der Waals surface area contributed by atoms with Crippen molar-refractivity contribution in [3.8, 4) is 0 Å². The molecule has 1 fully saturated rings. The van der Waals surface area contributed by atoms with Crippen LogP contribution < -0.4 is 5.73 Å². The molecule has 0 bridgehead atoms. The van der Waals surface area contributed by atoms with Crippen molar-refractivity contribution in [1.82, 2.24) is 4.90 Å². The Kier molecular flexibility index (Phi) is 4.02. The number of aryl methyl sites for hydroxylation is 1. The first kappa shape index (κ1) is 12.4. The van der Waals surface area contributed by atoms with Crippen molar-refractivity contribution >= 4 is 5.69 Å². The molecule has 1 aliphatic heterocycles. The lowest BCUT2D eigenvalue weighted by molar-refractivity contribution is 0.0793. The molecule has 1 aliphatic rings. The Balaban J connectivity index is 1.88. The Morgan fingerprint density at radius 2 is 2.29 bits per heavy atom. The molecule has 0 aliphatic carbocycles. The van der Waals surface area contributed by atoms with E-state index in [0.717, 1.165) is 30.9 Å². The van der Waals surface area contributed by atoms with Gasteiger partial charge in [0.25, 0.3) is 0 Å². The largest absolute Gasteiger partial charge is 0.399 e. The van der Waals surface area contributed by atoms with Crippen molar-refractivity contribution in [2.45, 2.75) is 32.4 Å². The summed E-state index contributed by atoms with van der Waals surface area (Å²) in [6.45, 7) is 4.91. The number of hydrogen-bond donors (Lipinski definition) is 1. The van der Waals surface area contributed by atoms with Gasteiger partial charge in [0.2, 0.25) is 0 Å². The summed E-state index contributed by atoms with van der Waals surface area (Å²) in [4.78, 5) is 2.31. The van der Waals surface area contributed by atoms with Crippen LogP contribution in [0, 0.1) is 6.92 Å². The first-order valence-corrected chi connectivity index (χ1v) is 6.30. The SMILES string of the molecule is Cc1ccc(CN(C)CC2CCCO2)cc1N. The average Bonchev–Trinajstić information content (AvgIpc) is 2.76. The van der Waals surface area contributed by atoms with Crippen LogP contribution in [0.25, 0.3) is 0 Å². The zero-order valence-corrected chi connectivity index (χ0v) is 10.8. The number of anilines is 1. The summed E-state index contributed by atoms with van der Waals surface area (Å²) in [5, 5.41) is 0. The predicted octanol–water partition coefficient (Wildman–Crippen LogP) is 2.19. The average molecular weight is 234 g/mol. The number of benzene rings is 1. The summed E-state index contributed by atoms with van der Waals surface area (Å²) in [5.41, 5.74) is 9.22. The summed E-state index contributed by atoms with van der Waals surface area (Å²) in [6, 6.07) is 6.31. The molecule has 0 amide bonds. The zero-order valence-electron chi connectivity index (χ0n) is 10.8. The number of nitrogens with two attached hydrogens (primary N) is 1. The highest BCUT2D eigenvalue weighted by Gasteiger charge is 2.17. The Morgan fingerprint density at radius 3 is 2.94 bits per heavy atom. The van der Waals surface area contributed by atoms with Gasteiger partial charge in [-0.15, -0.1) is 0 Å². The van der Waals surface area contributed by atoms with Crippen molar-refractivity contribution in [2.75, 3.05) is 25.9 Å². The second-order valence-corrected chi connectivity index (χ2v) is 5.02. The molecular weight excluding hydrogens is 212 g/mol. The summed E-state index contributed by atoms with van der Waals surface area (Å²) >= 11 is 0. The minimum atomic E-state index is 0.419. The van der Waals surface area contributed by atoms with Crippen LogP contribution in [-0.2, 0) is 11.3 Å². The molecule has 1 heterocycles. The zero-order chi connectivity index (χ0) is 12.3. The Morgan fingerprint density at radius 1 is 1.47 bits per heavy atom. The number of ether oxygens (including phenoxy) is 1.